The van der Waals surface area contributed by atoms with E-state index in [4.69, 9.17) is 0 Å². The lowest BCUT2D eigenvalue weighted by atomic mass is 9.71. The first-order valence-corrected chi connectivity index (χ1v) is 7.58. The number of nitrogens with zero attached hydrogens (tertiary/aromatic N) is 2. The summed E-state index contributed by atoms with van der Waals surface area (Å²) in [5.74, 6) is 0. The zero-order valence-corrected chi connectivity index (χ0v) is 12.0. The molecular weight excluding hydrogens is 207 g/mol. The van der Waals surface area contributed by atoms with Gasteiger partial charge in [0.2, 0.25) is 0 Å². The number of hydrogen-bond donors (Lipinski definition) is 0. The SMILES string of the molecule is BN1CCC2(CCCN(C(C)CCC)C2)CC1. The van der Waals surface area contributed by atoms with E-state index >= 15 is 0 Å². The van der Waals surface area contributed by atoms with Crippen molar-refractivity contribution in [2.24, 2.45) is 5.41 Å². The third-order valence-electron chi connectivity index (χ3n) is 5.07. The van der Waals surface area contributed by atoms with Crippen LogP contribution in [0, 0.1) is 5.41 Å². The maximum atomic E-state index is 2.78. The van der Waals surface area contributed by atoms with E-state index in [0.717, 1.165) is 6.04 Å². The molecule has 0 N–H and O–H groups in total. The molecular formula is C14H29BN2. The monoisotopic (exact) mass is 236 g/mol. The highest BCUT2D eigenvalue weighted by molar-refractivity contribution is 6.04. The molecule has 1 spiro atoms. The summed E-state index contributed by atoms with van der Waals surface area (Å²) < 4.78 is 0. The topological polar surface area (TPSA) is 6.48 Å². The Kier molecular flexibility index (Phi) is 4.54. The van der Waals surface area contributed by atoms with Crippen LogP contribution in [0.1, 0.15) is 52.4 Å². The largest absolute Gasteiger partial charge is 0.349 e. The van der Waals surface area contributed by atoms with Gasteiger partial charge in [-0.15, -0.1) is 0 Å². The number of rotatable bonds is 3. The van der Waals surface area contributed by atoms with Crippen LogP contribution in [0.5, 0.6) is 0 Å². The lowest BCUT2D eigenvalue weighted by Gasteiger charge is -2.49. The molecule has 0 amide bonds. The molecule has 2 fully saturated rings. The molecule has 1 atom stereocenters. The second-order valence-corrected chi connectivity index (χ2v) is 6.52. The van der Waals surface area contributed by atoms with Crippen LogP contribution in [0.2, 0.25) is 0 Å². The summed E-state index contributed by atoms with van der Waals surface area (Å²) in [6.07, 6.45) is 8.47. The van der Waals surface area contributed by atoms with Crippen molar-refractivity contribution in [3.8, 4) is 0 Å². The lowest BCUT2D eigenvalue weighted by Crippen LogP contribution is -2.51. The van der Waals surface area contributed by atoms with Crippen LogP contribution in [0.25, 0.3) is 0 Å². The molecule has 0 aromatic heterocycles. The predicted octanol–water partition coefficient (Wildman–Crippen LogP) is 1.90. The Hall–Kier alpha value is -0.0151. The van der Waals surface area contributed by atoms with Gasteiger partial charge in [-0.1, -0.05) is 13.3 Å². The van der Waals surface area contributed by atoms with Gasteiger partial charge in [0.25, 0.3) is 0 Å². The number of likely N-dealkylation sites (tertiary alicyclic amines) is 1. The molecule has 0 bridgehead atoms. The van der Waals surface area contributed by atoms with Crippen molar-refractivity contribution < 1.29 is 0 Å². The molecule has 98 valence electrons. The van der Waals surface area contributed by atoms with Crippen LogP contribution in [-0.2, 0) is 0 Å². The average molecular weight is 236 g/mol. The van der Waals surface area contributed by atoms with Crippen LogP contribution in [0.15, 0.2) is 0 Å². The molecule has 0 aromatic carbocycles. The second-order valence-electron chi connectivity index (χ2n) is 6.52. The van der Waals surface area contributed by atoms with Crippen LogP contribution in [-0.4, -0.2) is 49.9 Å². The fourth-order valence-corrected chi connectivity index (χ4v) is 3.72. The number of piperidine rings is 2. The molecule has 2 rings (SSSR count). The molecule has 2 saturated heterocycles. The standard InChI is InChI=1S/C14H29BN2/c1-3-5-13(2)16-9-4-6-14(12-16)7-10-17(15)11-8-14/h13H,3-12,15H2,1-2H3. The molecule has 0 aromatic rings. The summed E-state index contributed by atoms with van der Waals surface area (Å²) >= 11 is 0. The summed E-state index contributed by atoms with van der Waals surface area (Å²) in [5, 5.41) is 0. The van der Waals surface area contributed by atoms with Gasteiger partial charge in [-0.3, -0.25) is 0 Å². The Morgan fingerprint density at radius 1 is 1.18 bits per heavy atom. The second kappa shape index (κ2) is 5.75. The van der Waals surface area contributed by atoms with Crippen LogP contribution in [0.4, 0.5) is 0 Å². The molecule has 2 aliphatic rings. The molecule has 0 radical (unpaired) electrons. The van der Waals surface area contributed by atoms with Crippen molar-refractivity contribution in [2.45, 2.75) is 58.4 Å². The fraction of sp³-hybridized carbons (Fsp3) is 1.00. The van der Waals surface area contributed by atoms with Crippen molar-refractivity contribution in [2.75, 3.05) is 26.2 Å². The first kappa shape index (κ1) is 13.4. The molecule has 1 unspecified atom stereocenters. The van der Waals surface area contributed by atoms with E-state index in [-0.39, 0.29) is 0 Å². The Morgan fingerprint density at radius 3 is 2.53 bits per heavy atom. The zero-order chi connectivity index (χ0) is 12.3. The van der Waals surface area contributed by atoms with Gasteiger partial charge in [0.1, 0.15) is 0 Å². The molecule has 17 heavy (non-hydrogen) atoms. The van der Waals surface area contributed by atoms with Gasteiger partial charge in [0.15, 0.2) is 7.98 Å². The minimum Gasteiger partial charge on any atom is -0.349 e. The zero-order valence-electron chi connectivity index (χ0n) is 12.0. The van der Waals surface area contributed by atoms with Crippen LogP contribution < -0.4 is 0 Å². The minimum absolute atomic E-state index is 0.673. The van der Waals surface area contributed by atoms with Gasteiger partial charge in [0, 0.05) is 12.6 Å². The van der Waals surface area contributed by atoms with Crippen LogP contribution >= 0.6 is 0 Å². The molecule has 2 aliphatic heterocycles. The Morgan fingerprint density at radius 2 is 1.88 bits per heavy atom. The Labute approximate surface area is 108 Å². The molecule has 3 heteroatoms. The van der Waals surface area contributed by atoms with Gasteiger partial charge in [-0.25, -0.2) is 0 Å². The van der Waals surface area contributed by atoms with E-state index in [1.54, 1.807) is 0 Å². The third-order valence-corrected chi connectivity index (χ3v) is 5.07. The summed E-state index contributed by atoms with van der Waals surface area (Å²) in [4.78, 5) is 5.28. The molecule has 0 aliphatic carbocycles. The maximum Gasteiger partial charge on any atom is 0.185 e. The van der Waals surface area contributed by atoms with Crippen LogP contribution in [0.3, 0.4) is 0 Å². The maximum absolute atomic E-state index is 2.78. The van der Waals surface area contributed by atoms with Crippen molar-refractivity contribution in [1.29, 1.82) is 0 Å². The number of hydrogen-bond acceptors (Lipinski definition) is 2. The van der Waals surface area contributed by atoms with E-state index in [1.165, 1.54) is 64.7 Å². The van der Waals surface area contributed by atoms with Gasteiger partial charge in [-0.05, 0) is 64.1 Å². The van der Waals surface area contributed by atoms with E-state index < -0.39 is 0 Å². The van der Waals surface area contributed by atoms with Crippen molar-refractivity contribution in [3.05, 3.63) is 0 Å². The van der Waals surface area contributed by atoms with Gasteiger partial charge in [0.05, 0.1) is 0 Å². The molecule has 0 saturated carbocycles. The van der Waals surface area contributed by atoms with E-state index in [2.05, 4.69) is 31.5 Å². The van der Waals surface area contributed by atoms with Gasteiger partial charge < -0.3 is 9.71 Å². The summed E-state index contributed by atoms with van der Waals surface area (Å²) in [7, 11) is 2.27. The summed E-state index contributed by atoms with van der Waals surface area (Å²) in [6, 6.07) is 0.803. The Bertz CT molecular complexity index is 236. The summed E-state index contributed by atoms with van der Waals surface area (Å²) in [6.45, 7) is 10.1. The fourth-order valence-electron chi connectivity index (χ4n) is 3.72. The van der Waals surface area contributed by atoms with Gasteiger partial charge in [-0.2, -0.15) is 0 Å². The van der Waals surface area contributed by atoms with Gasteiger partial charge >= 0.3 is 0 Å². The van der Waals surface area contributed by atoms with E-state index in [9.17, 15) is 0 Å². The predicted molar refractivity (Wildman–Crippen MR) is 77.0 cm³/mol. The Balaban J connectivity index is 1.92. The van der Waals surface area contributed by atoms with E-state index in [1.807, 2.05) is 0 Å². The lowest BCUT2D eigenvalue weighted by molar-refractivity contribution is 0.0226. The summed E-state index contributed by atoms with van der Waals surface area (Å²) in [5.41, 5.74) is 0.673. The highest BCUT2D eigenvalue weighted by Gasteiger charge is 2.38. The average Bonchev–Trinajstić information content (AvgIpc) is 2.34. The first-order chi connectivity index (χ1) is 8.15. The normalized spacial score (nSPS) is 28.4. The molecule has 2 heterocycles. The van der Waals surface area contributed by atoms with Crippen molar-refractivity contribution in [3.63, 3.8) is 0 Å². The van der Waals surface area contributed by atoms with Crippen molar-refractivity contribution >= 4 is 7.98 Å². The third kappa shape index (κ3) is 3.26. The smallest absolute Gasteiger partial charge is 0.185 e. The van der Waals surface area contributed by atoms with E-state index in [0.29, 0.717) is 5.41 Å². The van der Waals surface area contributed by atoms with Crippen molar-refractivity contribution in [1.82, 2.24) is 9.71 Å². The molecule has 2 nitrogen and oxygen atoms in total. The quantitative estimate of drug-likeness (QED) is 0.690. The minimum atomic E-state index is 0.673. The highest BCUT2D eigenvalue weighted by atomic mass is 15.2. The highest BCUT2D eigenvalue weighted by Crippen LogP contribution is 2.40. The first-order valence-electron chi connectivity index (χ1n) is 7.58.